The van der Waals surface area contributed by atoms with Crippen molar-refractivity contribution < 1.29 is 14.3 Å². The summed E-state index contributed by atoms with van der Waals surface area (Å²) in [4.78, 5) is 14.1. The van der Waals surface area contributed by atoms with E-state index in [1.807, 2.05) is 4.90 Å². The Hall–Kier alpha value is -0.300. The van der Waals surface area contributed by atoms with Gasteiger partial charge in [-0.1, -0.05) is 0 Å². The molecule has 2 unspecified atom stereocenters. The lowest BCUT2D eigenvalue weighted by Gasteiger charge is -2.23. The van der Waals surface area contributed by atoms with Crippen LogP contribution in [0, 0.1) is 0 Å². The van der Waals surface area contributed by atoms with Crippen LogP contribution >= 0.6 is 11.8 Å². The lowest BCUT2D eigenvalue weighted by Crippen LogP contribution is -2.34. The minimum atomic E-state index is 0.0119. The third-order valence-corrected chi connectivity index (χ3v) is 5.26. The number of carbonyl (C=O) groups excluding carboxylic acids is 1. The first-order valence-corrected chi connectivity index (χ1v) is 7.95. The van der Waals surface area contributed by atoms with Gasteiger partial charge in [-0.25, -0.2) is 0 Å². The smallest absolute Gasteiger partial charge is 0.232 e. The molecule has 2 heterocycles. The van der Waals surface area contributed by atoms with Crippen LogP contribution in [-0.2, 0) is 14.3 Å². The number of carbonyl (C=O) groups is 1. The highest BCUT2D eigenvalue weighted by Crippen LogP contribution is 2.22. The third kappa shape index (κ3) is 4.08. The molecule has 5 nitrogen and oxygen atoms in total. The number of hydrogen-bond acceptors (Lipinski definition) is 5. The third-order valence-electron chi connectivity index (χ3n) is 3.90. The second-order valence-electron chi connectivity index (χ2n) is 5.11. The predicted octanol–water partition coefficient (Wildman–Crippen LogP) is 0.344. The zero-order chi connectivity index (χ0) is 13.7. The van der Waals surface area contributed by atoms with Crippen LogP contribution in [0.15, 0.2) is 0 Å². The Morgan fingerprint density at radius 2 is 1.79 bits per heavy atom. The molecule has 0 aromatic rings. The van der Waals surface area contributed by atoms with Gasteiger partial charge in [0.2, 0.25) is 5.91 Å². The number of likely N-dealkylation sites (tertiary alicyclic amines) is 1. The van der Waals surface area contributed by atoms with E-state index in [1.165, 1.54) is 12.8 Å². The van der Waals surface area contributed by atoms with Gasteiger partial charge in [0.15, 0.2) is 0 Å². The number of ether oxygens (including phenoxy) is 2. The molecule has 2 fully saturated rings. The van der Waals surface area contributed by atoms with Crippen molar-refractivity contribution in [3.8, 4) is 0 Å². The van der Waals surface area contributed by atoms with Crippen molar-refractivity contribution in [3.05, 3.63) is 0 Å². The molecule has 0 spiro atoms. The summed E-state index contributed by atoms with van der Waals surface area (Å²) in [5.74, 6) is 0.794. The molecule has 6 heteroatoms. The minimum absolute atomic E-state index is 0.0119. The molecule has 1 N–H and O–H groups in total. The minimum Gasteiger partial charge on any atom is -0.377 e. The van der Waals surface area contributed by atoms with E-state index >= 15 is 0 Å². The Bertz CT molecular complexity index is 286. The van der Waals surface area contributed by atoms with Gasteiger partial charge in [0.25, 0.3) is 0 Å². The summed E-state index contributed by atoms with van der Waals surface area (Å²) in [5, 5.41) is 3.97. The van der Waals surface area contributed by atoms with Crippen molar-refractivity contribution in [2.75, 3.05) is 46.2 Å². The second kappa shape index (κ2) is 7.47. The molecular weight excluding hydrogens is 264 g/mol. The van der Waals surface area contributed by atoms with Crippen molar-refractivity contribution >= 4 is 17.7 Å². The molecule has 0 aromatic heterocycles. The SMILES string of the molecule is COC1CN(C(=O)CSC2CCNCC2)CC1OC. The van der Waals surface area contributed by atoms with Crippen LogP contribution in [0.3, 0.4) is 0 Å². The lowest BCUT2D eigenvalue weighted by molar-refractivity contribution is -0.127. The Labute approximate surface area is 119 Å². The fourth-order valence-corrected chi connectivity index (χ4v) is 3.77. The molecule has 0 aromatic carbocycles. The van der Waals surface area contributed by atoms with E-state index < -0.39 is 0 Å². The van der Waals surface area contributed by atoms with E-state index in [0.29, 0.717) is 24.1 Å². The Morgan fingerprint density at radius 1 is 1.21 bits per heavy atom. The topological polar surface area (TPSA) is 50.8 Å². The molecule has 2 aliphatic rings. The number of piperidine rings is 1. The van der Waals surface area contributed by atoms with Gasteiger partial charge in [-0.05, 0) is 25.9 Å². The van der Waals surface area contributed by atoms with Crippen molar-refractivity contribution in [1.82, 2.24) is 10.2 Å². The average molecular weight is 288 g/mol. The van der Waals surface area contributed by atoms with Gasteiger partial charge in [-0.15, -0.1) is 11.8 Å². The normalized spacial score (nSPS) is 28.8. The summed E-state index contributed by atoms with van der Waals surface area (Å²) >= 11 is 1.80. The van der Waals surface area contributed by atoms with Crippen molar-refractivity contribution in [1.29, 1.82) is 0 Å². The number of hydrogen-bond donors (Lipinski definition) is 1. The molecule has 2 aliphatic heterocycles. The molecule has 110 valence electrons. The van der Waals surface area contributed by atoms with Gasteiger partial charge < -0.3 is 19.7 Å². The molecule has 0 saturated carbocycles. The molecular formula is C13H24N2O3S. The van der Waals surface area contributed by atoms with Gasteiger partial charge in [0, 0.05) is 32.6 Å². The van der Waals surface area contributed by atoms with Crippen molar-refractivity contribution in [3.63, 3.8) is 0 Å². The van der Waals surface area contributed by atoms with Gasteiger partial charge in [0.1, 0.15) is 12.2 Å². The summed E-state index contributed by atoms with van der Waals surface area (Å²) in [6.45, 7) is 3.46. The van der Waals surface area contributed by atoms with E-state index in [2.05, 4.69) is 5.32 Å². The maximum atomic E-state index is 12.2. The monoisotopic (exact) mass is 288 g/mol. The van der Waals surface area contributed by atoms with Gasteiger partial charge >= 0.3 is 0 Å². The largest absolute Gasteiger partial charge is 0.377 e. The zero-order valence-electron chi connectivity index (χ0n) is 11.8. The molecule has 0 radical (unpaired) electrons. The predicted molar refractivity (Wildman–Crippen MR) is 76.5 cm³/mol. The number of thioether (sulfide) groups is 1. The first-order chi connectivity index (χ1) is 9.24. The van der Waals surface area contributed by atoms with Gasteiger partial charge in [-0.3, -0.25) is 4.79 Å². The summed E-state index contributed by atoms with van der Waals surface area (Å²) in [6.07, 6.45) is 2.36. The number of methoxy groups -OCH3 is 2. The highest BCUT2D eigenvalue weighted by atomic mass is 32.2. The summed E-state index contributed by atoms with van der Waals surface area (Å²) in [5.41, 5.74) is 0. The molecule has 1 amide bonds. The average Bonchev–Trinajstić information content (AvgIpc) is 2.89. The van der Waals surface area contributed by atoms with Crippen LogP contribution in [-0.4, -0.2) is 74.4 Å². The van der Waals surface area contributed by atoms with Crippen molar-refractivity contribution in [2.24, 2.45) is 0 Å². The summed E-state index contributed by atoms with van der Waals surface area (Å²) in [6, 6.07) is 0. The van der Waals surface area contributed by atoms with Crippen LogP contribution < -0.4 is 5.32 Å². The fourth-order valence-electron chi connectivity index (χ4n) is 2.64. The molecule has 2 saturated heterocycles. The molecule has 0 aliphatic carbocycles. The lowest BCUT2D eigenvalue weighted by atomic mass is 10.2. The number of rotatable bonds is 5. The molecule has 2 atom stereocenters. The van der Waals surface area contributed by atoms with Crippen LogP contribution in [0.2, 0.25) is 0 Å². The number of nitrogens with zero attached hydrogens (tertiary/aromatic N) is 1. The van der Waals surface area contributed by atoms with Crippen LogP contribution in [0.1, 0.15) is 12.8 Å². The van der Waals surface area contributed by atoms with Crippen LogP contribution in [0.5, 0.6) is 0 Å². The van der Waals surface area contributed by atoms with Gasteiger partial charge in [-0.2, -0.15) is 0 Å². The Kier molecular flexibility index (Phi) is 5.94. The van der Waals surface area contributed by atoms with Crippen LogP contribution in [0.25, 0.3) is 0 Å². The van der Waals surface area contributed by atoms with E-state index in [-0.39, 0.29) is 18.1 Å². The summed E-state index contributed by atoms with van der Waals surface area (Å²) in [7, 11) is 3.35. The van der Waals surface area contributed by atoms with Crippen LogP contribution in [0.4, 0.5) is 0 Å². The fraction of sp³-hybridized carbons (Fsp3) is 0.923. The maximum Gasteiger partial charge on any atom is 0.232 e. The van der Waals surface area contributed by atoms with E-state index in [1.54, 1.807) is 26.0 Å². The maximum absolute atomic E-state index is 12.2. The highest BCUT2D eigenvalue weighted by Gasteiger charge is 2.35. The standard InChI is InChI=1S/C13H24N2O3S/c1-17-11-7-15(8-12(11)18-2)13(16)9-19-10-3-5-14-6-4-10/h10-12,14H,3-9H2,1-2H3. The summed E-state index contributed by atoms with van der Waals surface area (Å²) < 4.78 is 10.7. The number of amides is 1. The van der Waals surface area contributed by atoms with Gasteiger partial charge in [0.05, 0.1) is 5.75 Å². The first kappa shape index (κ1) is 15.1. The Balaban J connectivity index is 1.74. The highest BCUT2D eigenvalue weighted by molar-refractivity contribution is 8.00. The van der Waals surface area contributed by atoms with E-state index in [4.69, 9.17) is 9.47 Å². The number of nitrogens with one attached hydrogen (secondary N) is 1. The zero-order valence-corrected chi connectivity index (χ0v) is 12.6. The second-order valence-corrected chi connectivity index (χ2v) is 6.40. The van der Waals surface area contributed by atoms with Crippen molar-refractivity contribution in [2.45, 2.75) is 30.3 Å². The first-order valence-electron chi connectivity index (χ1n) is 6.90. The Morgan fingerprint density at radius 3 is 2.32 bits per heavy atom. The quantitative estimate of drug-likeness (QED) is 0.791. The molecule has 0 bridgehead atoms. The van der Waals surface area contributed by atoms with E-state index in [9.17, 15) is 4.79 Å². The molecule has 2 rings (SSSR count). The molecule has 19 heavy (non-hydrogen) atoms. The van der Waals surface area contributed by atoms with E-state index in [0.717, 1.165) is 13.1 Å².